The molecule has 0 aliphatic carbocycles. The summed E-state index contributed by atoms with van der Waals surface area (Å²) in [6, 6.07) is 9.60. The Morgan fingerprint density at radius 3 is 2.67 bits per heavy atom. The first-order chi connectivity index (χ1) is 17.3. The zero-order valence-electron chi connectivity index (χ0n) is 20.6. The monoisotopic (exact) mass is 516 g/mol. The van der Waals surface area contributed by atoms with Crippen LogP contribution in [0.4, 0.5) is 8.78 Å². The second-order valence-corrected chi connectivity index (χ2v) is 9.92. The van der Waals surface area contributed by atoms with E-state index in [2.05, 4.69) is 9.88 Å². The lowest BCUT2D eigenvalue weighted by atomic mass is 9.73. The molecule has 0 bridgehead atoms. The minimum absolute atomic E-state index is 0.288. The second kappa shape index (κ2) is 11.1. The normalized spacial score (nSPS) is 16.7. The molecule has 0 amide bonds. The maximum Gasteiger partial charge on any atom is 0.309 e. The number of fused-ring (bicyclic) bond motifs is 1. The number of likely N-dealkylation sites (tertiary alicyclic amines) is 1. The van der Waals surface area contributed by atoms with E-state index < -0.39 is 23.0 Å². The number of carbonyl (C=O) groups is 1. The van der Waals surface area contributed by atoms with Gasteiger partial charge in [0.15, 0.2) is 11.6 Å². The minimum Gasteiger partial charge on any atom is -0.497 e. The molecule has 2 aromatic carbocycles. The molecular weight excluding hydrogens is 486 g/mol. The van der Waals surface area contributed by atoms with Crippen molar-refractivity contribution in [1.29, 1.82) is 0 Å². The summed E-state index contributed by atoms with van der Waals surface area (Å²) >= 11 is 6.49. The van der Waals surface area contributed by atoms with E-state index in [4.69, 9.17) is 16.3 Å². The van der Waals surface area contributed by atoms with Crippen LogP contribution in [0, 0.1) is 17.0 Å². The van der Waals surface area contributed by atoms with Gasteiger partial charge in [0.1, 0.15) is 5.75 Å². The van der Waals surface area contributed by atoms with Gasteiger partial charge in [-0.25, -0.2) is 8.78 Å². The van der Waals surface area contributed by atoms with E-state index in [1.165, 1.54) is 6.07 Å². The van der Waals surface area contributed by atoms with E-state index in [1.54, 1.807) is 19.4 Å². The molecule has 1 aromatic heterocycles. The molecule has 1 unspecified atom stereocenters. The highest BCUT2D eigenvalue weighted by atomic mass is 35.5. The Labute approximate surface area is 215 Å². The SMILES string of the molecule is CCC(c1cccc(F)c1F)N1CCC(CCCc2c(Cl)cnc3ccc(OC)cc23)(C(=O)O)CC1. The van der Waals surface area contributed by atoms with Crippen LogP contribution in [0.25, 0.3) is 10.9 Å². The molecule has 36 heavy (non-hydrogen) atoms. The number of aromatic nitrogens is 1. The fourth-order valence-electron chi connectivity index (χ4n) is 5.47. The Morgan fingerprint density at radius 2 is 2.00 bits per heavy atom. The first-order valence-corrected chi connectivity index (χ1v) is 12.7. The van der Waals surface area contributed by atoms with Gasteiger partial charge in [-0.2, -0.15) is 0 Å². The molecule has 1 aliphatic heterocycles. The lowest BCUT2D eigenvalue weighted by Gasteiger charge is -2.42. The maximum absolute atomic E-state index is 14.5. The largest absolute Gasteiger partial charge is 0.497 e. The van der Waals surface area contributed by atoms with E-state index in [1.807, 2.05) is 25.1 Å². The summed E-state index contributed by atoms with van der Waals surface area (Å²) in [7, 11) is 1.60. The van der Waals surface area contributed by atoms with Crippen molar-refractivity contribution in [2.75, 3.05) is 20.2 Å². The van der Waals surface area contributed by atoms with Crippen molar-refractivity contribution in [3.05, 3.63) is 70.4 Å². The molecule has 0 saturated carbocycles. The van der Waals surface area contributed by atoms with Crippen molar-refractivity contribution in [3.8, 4) is 5.75 Å². The van der Waals surface area contributed by atoms with E-state index in [-0.39, 0.29) is 6.04 Å². The Kier molecular flexibility index (Phi) is 8.10. The van der Waals surface area contributed by atoms with Crippen LogP contribution in [0.2, 0.25) is 5.02 Å². The second-order valence-electron chi connectivity index (χ2n) is 9.51. The molecular formula is C28H31ClF2N2O3. The van der Waals surface area contributed by atoms with Gasteiger partial charge in [-0.1, -0.05) is 30.7 Å². The summed E-state index contributed by atoms with van der Waals surface area (Å²) in [5.41, 5.74) is 1.22. The van der Waals surface area contributed by atoms with E-state index in [9.17, 15) is 18.7 Å². The number of aliphatic carboxylic acids is 1. The van der Waals surface area contributed by atoms with Crippen molar-refractivity contribution in [3.63, 3.8) is 0 Å². The Morgan fingerprint density at radius 1 is 1.25 bits per heavy atom. The zero-order chi connectivity index (χ0) is 25.9. The maximum atomic E-state index is 14.5. The summed E-state index contributed by atoms with van der Waals surface area (Å²) in [6.45, 7) is 2.96. The van der Waals surface area contributed by atoms with E-state index in [0.717, 1.165) is 22.5 Å². The Balaban J connectivity index is 1.47. The topological polar surface area (TPSA) is 62.7 Å². The number of pyridine rings is 1. The van der Waals surface area contributed by atoms with Gasteiger partial charge in [-0.3, -0.25) is 14.7 Å². The number of aryl methyl sites for hydroxylation is 1. The molecule has 1 aliphatic rings. The summed E-state index contributed by atoms with van der Waals surface area (Å²) in [5.74, 6) is -1.78. The third-order valence-electron chi connectivity index (χ3n) is 7.59. The predicted molar refractivity (Wildman–Crippen MR) is 137 cm³/mol. The number of methoxy groups -OCH3 is 1. The van der Waals surface area contributed by atoms with Crippen LogP contribution in [0.15, 0.2) is 42.6 Å². The highest BCUT2D eigenvalue weighted by Crippen LogP contribution is 2.41. The number of ether oxygens (including phenoxy) is 1. The number of hydrogen-bond acceptors (Lipinski definition) is 4. The molecule has 1 saturated heterocycles. The number of rotatable bonds is 9. The van der Waals surface area contributed by atoms with Gasteiger partial charge in [-0.05, 0) is 81.4 Å². The number of carboxylic acids is 1. The Hall–Kier alpha value is -2.77. The smallest absolute Gasteiger partial charge is 0.309 e. The van der Waals surface area contributed by atoms with Gasteiger partial charge < -0.3 is 9.84 Å². The molecule has 5 nitrogen and oxygen atoms in total. The third kappa shape index (κ3) is 5.18. The lowest BCUT2D eigenvalue weighted by Crippen LogP contribution is -2.45. The third-order valence-corrected chi connectivity index (χ3v) is 7.92. The first kappa shape index (κ1) is 26.3. The van der Waals surface area contributed by atoms with Crippen molar-refractivity contribution in [2.45, 2.75) is 51.5 Å². The summed E-state index contributed by atoms with van der Waals surface area (Å²) < 4.78 is 33.7. The number of benzene rings is 2. The quantitative estimate of drug-likeness (QED) is 0.338. The van der Waals surface area contributed by atoms with Gasteiger partial charge in [0.2, 0.25) is 0 Å². The molecule has 1 N–H and O–H groups in total. The standard InChI is InChI=1S/C28H31ClF2N2O3/c1-3-25(20-6-4-8-23(30)26(20)31)33-14-12-28(13-15-33,27(34)35)11-5-7-19-21-16-18(36-2)9-10-24(21)32-17-22(19)29/h4,6,8-10,16-17,25H,3,5,7,11-15H2,1-2H3,(H,34,35). The summed E-state index contributed by atoms with van der Waals surface area (Å²) in [5, 5.41) is 11.6. The number of piperidine rings is 1. The molecule has 2 heterocycles. The summed E-state index contributed by atoms with van der Waals surface area (Å²) in [6.07, 6.45) is 4.92. The number of carboxylic acid groups (broad SMARTS) is 1. The fourth-order valence-corrected chi connectivity index (χ4v) is 5.72. The van der Waals surface area contributed by atoms with Crippen LogP contribution in [-0.2, 0) is 11.2 Å². The molecule has 192 valence electrons. The van der Waals surface area contributed by atoms with Crippen LogP contribution >= 0.6 is 11.6 Å². The van der Waals surface area contributed by atoms with Crippen LogP contribution in [0.5, 0.6) is 5.75 Å². The van der Waals surface area contributed by atoms with E-state index >= 15 is 0 Å². The van der Waals surface area contributed by atoms with Crippen LogP contribution in [-0.4, -0.2) is 41.2 Å². The number of hydrogen-bond donors (Lipinski definition) is 1. The van der Waals surface area contributed by atoms with Crippen molar-refractivity contribution in [2.24, 2.45) is 5.41 Å². The molecule has 4 rings (SSSR count). The van der Waals surface area contributed by atoms with Crippen LogP contribution in [0.1, 0.15) is 56.2 Å². The van der Waals surface area contributed by atoms with E-state index in [0.29, 0.717) is 68.0 Å². The fraction of sp³-hybridized carbons (Fsp3) is 0.429. The van der Waals surface area contributed by atoms with Gasteiger partial charge >= 0.3 is 5.97 Å². The number of nitrogens with zero attached hydrogens (tertiary/aromatic N) is 2. The molecule has 0 radical (unpaired) electrons. The molecule has 1 fully saturated rings. The number of halogens is 3. The van der Waals surface area contributed by atoms with Crippen molar-refractivity contribution >= 4 is 28.5 Å². The molecule has 8 heteroatoms. The highest BCUT2D eigenvalue weighted by molar-refractivity contribution is 6.32. The van der Waals surface area contributed by atoms with Crippen LogP contribution < -0.4 is 4.74 Å². The van der Waals surface area contributed by atoms with Gasteiger partial charge in [0.25, 0.3) is 0 Å². The van der Waals surface area contributed by atoms with Gasteiger partial charge in [0, 0.05) is 23.2 Å². The summed E-state index contributed by atoms with van der Waals surface area (Å²) in [4.78, 5) is 18.9. The molecule has 0 spiro atoms. The molecule has 3 aromatic rings. The zero-order valence-corrected chi connectivity index (χ0v) is 21.3. The first-order valence-electron chi connectivity index (χ1n) is 12.3. The van der Waals surface area contributed by atoms with Gasteiger partial charge in [-0.15, -0.1) is 0 Å². The predicted octanol–water partition coefficient (Wildman–Crippen LogP) is 6.82. The van der Waals surface area contributed by atoms with Gasteiger partial charge in [0.05, 0.1) is 23.1 Å². The van der Waals surface area contributed by atoms with Crippen molar-refractivity contribution < 1.29 is 23.4 Å². The lowest BCUT2D eigenvalue weighted by molar-refractivity contribution is -0.153. The van der Waals surface area contributed by atoms with Crippen molar-refractivity contribution in [1.82, 2.24) is 9.88 Å². The average Bonchev–Trinajstić information content (AvgIpc) is 2.88. The van der Waals surface area contributed by atoms with Crippen LogP contribution in [0.3, 0.4) is 0 Å². The minimum atomic E-state index is -0.859. The highest BCUT2D eigenvalue weighted by Gasteiger charge is 2.42. The average molecular weight is 517 g/mol. The Bertz CT molecular complexity index is 1240. The molecule has 1 atom stereocenters.